The first-order chi connectivity index (χ1) is 15.0. The number of hydrogen-bond donors (Lipinski definition) is 1. The topological polar surface area (TPSA) is 58.1 Å². The zero-order valence-corrected chi connectivity index (χ0v) is 18.6. The number of nitrogens with one attached hydrogen (secondary N) is 1. The molecule has 1 amide bonds. The number of benzene rings is 2. The SMILES string of the molecule is Cc1ccc(C(=O)NC2CC2)cc1-c1ccc2c(N3CCC[C@H]3C(C)C)nncc2c1. The predicted octanol–water partition coefficient (Wildman–Crippen LogP) is 5.12. The minimum atomic E-state index is 0.0199. The molecule has 5 nitrogen and oxygen atoms in total. The molecule has 1 N–H and O–H groups in total. The monoisotopic (exact) mass is 414 g/mol. The first kappa shape index (κ1) is 20.0. The molecule has 2 fully saturated rings. The molecule has 5 rings (SSSR count). The number of aromatic nitrogens is 2. The molecule has 0 spiro atoms. The van der Waals surface area contributed by atoms with Crippen LogP contribution in [0, 0.1) is 12.8 Å². The van der Waals surface area contributed by atoms with Gasteiger partial charge in [0.15, 0.2) is 5.82 Å². The van der Waals surface area contributed by atoms with Crippen LogP contribution in [0.4, 0.5) is 5.82 Å². The van der Waals surface area contributed by atoms with Crippen LogP contribution in [-0.2, 0) is 0 Å². The Hall–Kier alpha value is -2.95. The molecule has 31 heavy (non-hydrogen) atoms. The van der Waals surface area contributed by atoms with E-state index < -0.39 is 0 Å². The Morgan fingerprint density at radius 3 is 2.74 bits per heavy atom. The molecule has 1 aromatic heterocycles. The molecule has 2 heterocycles. The molecule has 2 aromatic carbocycles. The number of aryl methyl sites for hydroxylation is 1. The van der Waals surface area contributed by atoms with Crippen molar-refractivity contribution in [1.82, 2.24) is 15.5 Å². The Labute approximate surface area is 183 Å². The second kappa shape index (κ2) is 7.95. The maximum Gasteiger partial charge on any atom is 0.251 e. The van der Waals surface area contributed by atoms with Crippen LogP contribution in [0.3, 0.4) is 0 Å². The van der Waals surface area contributed by atoms with Crippen LogP contribution in [0.2, 0.25) is 0 Å². The van der Waals surface area contributed by atoms with Gasteiger partial charge in [-0.15, -0.1) is 5.10 Å². The second-order valence-corrected chi connectivity index (χ2v) is 9.39. The smallest absolute Gasteiger partial charge is 0.251 e. The van der Waals surface area contributed by atoms with Crippen molar-refractivity contribution in [2.45, 2.75) is 58.5 Å². The molecule has 2 aliphatic rings. The van der Waals surface area contributed by atoms with Crippen molar-refractivity contribution in [3.8, 4) is 11.1 Å². The normalized spacial score (nSPS) is 18.7. The van der Waals surface area contributed by atoms with Gasteiger partial charge < -0.3 is 10.2 Å². The molecule has 1 saturated heterocycles. The van der Waals surface area contributed by atoms with Crippen LogP contribution in [0.5, 0.6) is 0 Å². The molecule has 0 unspecified atom stereocenters. The van der Waals surface area contributed by atoms with Gasteiger partial charge in [0.25, 0.3) is 5.91 Å². The van der Waals surface area contributed by atoms with Crippen LogP contribution in [0.1, 0.15) is 55.5 Å². The fourth-order valence-electron chi connectivity index (χ4n) is 4.77. The van der Waals surface area contributed by atoms with Gasteiger partial charge in [0.2, 0.25) is 0 Å². The van der Waals surface area contributed by atoms with E-state index in [1.807, 2.05) is 24.4 Å². The lowest BCUT2D eigenvalue weighted by Crippen LogP contribution is -2.34. The van der Waals surface area contributed by atoms with Gasteiger partial charge in [-0.25, -0.2) is 0 Å². The predicted molar refractivity (Wildman–Crippen MR) is 125 cm³/mol. The highest BCUT2D eigenvalue weighted by molar-refractivity contribution is 5.98. The summed E-state index contributed by atoms with van der Waals surface area (Å²) in [5.74, 6) is 1.60. The summed E-state index contributed by atoms with van der Waals surface area (Å²) in [7, 11) is 0. The molecule has 1 aliphatic carbocycles. The molecule has 0 bridgehead atoms. The summed E-state index contributed by atoms with van der Waals surface area (Å²) in [5, 5.41) is 14.2. The van der Waals surface area contributed by atoms with E-state index >= 15 is 0 Å². The number of carbonyl (C=O) groups excluding carboxylic acids is 1. The Kier molecular flexibility index (Phi) is 5.12. The van der Waals surface area contributed by atoms with Crippen LogP contribution >= 0.6 is 0 Å². The van der Waals surface area contributed by atoms with Crippen LogP contribution in [0.15, 0.2) is 42.6 Å². The number of rotatable bonds is 5. The Morgan fingerprint density at radius 1 is 1.13 bits per heavy atom. The first-order valence-corrected chi connectivity index (χ1v) is 11.5. The first-order valence-electron chi connectivity index (χ1n) is 11.5. The van der Waals surface area contributed by atoms with E-state index in [4.69, 9.17) is 0 Å². The fourth-order valence-corrected chi connectivity index (χ4v) is 4.77. The van der Waals surface area contributed by atoms with Crippen molar-refractivity contribution in [2.24, 2.45) is 5.92 Å². The Bertz CT molecular complexity index is 1140. The highest BCUT2D eigenvalue weighted by Gasteiger charge is 2.29. The maximum absolute atomic E-state index is 12.5. The summed E-state index contributed by atoms with van der Waals surface area (Å²) < 4.78 is 0. The molecular formula is C26H30N4O. The Morgan fingerprint density at radius 2 is 1.97 bits per heavy atom. The van der Waals surface area contributed by atoms with Gasteiger partial charge >= 0.3 is 0 Å². The van der Waals surface area contributed by atoms with Gasteiger partial charge in [0, 0.05) is 35.0 Å². The van der Waals surface area contributed by atoms with Crippen LogP contribution in [-0.4, -0.2) is 34.7 Å². The third kappa shape index (κ3) is 3.89. The van der Waals surface area contributed by atoms with E-state index in [0.29, 0.717) is 18.0 Å². The van der Waals surface area contributed by atoms with E-state index in [9.17, 15) is 4.79 Å². The van der Waals surface area contributed by atoms with Crippen molar-refractivity contribution in [2.75, 3.05) is 11.4 Å². The number of nitrogens with zero attached hydrogens (tertiary/aromatic N) is 3. The van der Waals surface area contributed by atoms with Gasteiger partial charge in [-0.3, -0.25) is 4.79 Å². The van der Waals surface area contributed by atoms with E-state index in [0.717, 1.165) is 58.2 Å². The van der Waals surface area contributed by atoms with Crippen LogP contribution < -0.4 is 10.2 Å². The number of amides is 1. The standard InChI is InChI=1S/C26H30N4O/c1-16(2)24-5-4-12-30(24)25-22-11-8-18(13-20(22)15-27-29-25)23-14-19(7-6-17(23)3)26(31)28-21-9-10-21/h6-8,11,13-16,21,24H,4-5,9-10,12H2,1-3H3,(H,28,31)/t24-/m0/s1. The molecule has 5 heteroatoms. The summed E-state index contributed by atoms with van der Waals surface area (Å²) >= 11 is 0. The van der Waals surface area contributed by atoms with E-state index in [2.05, 4.69) is 59.4 Å². The van der Waals surface area contributed by atoms with Crippen molar-refractivity contribution in [3.63, 3.8) is 0 Å². The van der Waals surface area contributed by atoms with Gasteiger partial charge in [-0.05, 0) is 79.5 Å². The van der Waals surface area contributed by atoms with Crippen molar-refractivity contribution >= 4 is 22.5 Å². The lowest BCUT2D eigenvalue weighted by molar-refractivity contribution is 0.0951. The quantitative estimate of drug-likeness (QED) is 0.629. The second-order valence-electron chi connectivity index (χ2n) is 9.39. The van der Waals surface area contributed by atoms with E-state index in [1.165, 1.54) is 12.8 Å². The molecule has 3 aromatic rings. The Balaban J connectivity index is 1.51. The minimum Gasteiger partial charge on any atom is -0.351 e. The van der Waals surface area contributed by atoms with Gasteiger partial charge in [0.1, 0.15) is 0 Å². The molecule has 1 saturated carbocycles. The highest BCUT2D eigenvalue weighted by Crippen LogP contribution is 2.35. The van der Waals surface area contributed by atoms with Gasteiger partial charge in [-0.2, -0.15) is 5.10 Å². The molecule has 160 valence electrons. The molecule has 1 aliphatic heterocycles. The summed E-state index contributed by atoms with van der Waals surface area (Å²) in [6.45, 7) is 7.70. The van der Waals surface area contributed by atoms with Gasteiger partial charge in [0.05, 0.1) is 6.20 Å². The largest absolute Gasteiger partial charge is 0.351 e. The number of fused-ring (bicyclic) bond motifs is 1. The average molecular weight is 415 g/mol. The van der Waals surface area contributed by atoms with Crippen molar-refractivity contribution in [3.05, 3.63) is 53.7 Å². The van der Waals surface area contributed by atoms with E-state index in [-0.39, 0.29) is 5.91 Å². The third-order valence-electron chi connectivity index (χ3n) is 6.71. The highest BCUT2D eigenvalue weighted by atomic mass is 16.1. The average Bonchev–Trinajstić information content (AvgIpc) is 3.44. The number of hydrogen-bond acceptors (Lipinski definition) is 4. The fraction of sp³-hybridized carbons (Fsp3) is 0.423. The van der Waals surface area contributed by atoms with Crippen molar-refractivity contribution < 1.29 is 4.79 Å². The van der Waals surface area contributed by atoms with Gasteiger partial charge in [-0.1, -0.05) is 26.0 Å². The molecule has 1 atom stereocenters. The minimum absolute atomic E-state index is 0.0199. The number of anilines is 1. The summed E-state index contributed by atoms with van der Waals surface area (Å²) in [4.78, 5) is 15.0. The summed E-state index contributed by atoms with van der Waals surface area (Å²) in [6.07, 6.45) is 6.44. The maximum atomic E-state index is 12.5. The molecular weight excluding hydrogens is 384 g/mol. The lowest BCUT2D eigenvalue weighted by atomic mass is 9.96. The zero-order chi connectivity index (χ0) is 21.5. The summed E-state index contributed by atoms with van der Waals surface area (Å²) in [6, 6.07) is 13.3. The van der Waals surface area contributed by atoms with Crippen LogP contribution in [0.25, 0.3) is 21.9 Å². The third-order valence-corrected chi connectivity index (χ3v) is 6.71. The molecule has 0 radical (unpaired) electrons. The number of carbonyl (C=O) groups is 1. The zero-order valence-electron chi connectivity index (χ0n) is 18.6. The lowest BCUT2D eigenvalue weighted by Gasteiger charge is -2.29. The summed E-state index contributed by atoms with van der Waals surface area (Å²) in [5.41, 5.74) is 4.07. The van der Waals surface area contributed by atoms with Crippen molar-refractivity contribution in [1.29, 1.82) is 0 Å². The van der Waals surface area contributed by atoms with E-state index in [1.54, 1.807) is 0 Å².